The van der Waals surface area contributed by atoms with Gasteiger partial charge in [-0.15, -0.1) is 0 Å². The van der Waals surface area contributed by atoms with Crippen molar-refractivity contribution in [3.05, 3.63) is 29.2 Å². The van der Waals surface area contributed by atoms with Gasteiger partial charge in [0.15, 0.2) is 5.82 Å². The molecule has 0 radical (unpaired) electrons. The zero-order valence-electron chi connectivity index (χ0n) is 18.0. The zero-order valence-corrected chi connectivity index (χ0v) is 18.0. The SMILES string of the molecule is CC(=O)N(CCc1noc(C2CCC2)n1)C1CCCN(C(=O)c2cn(C)nc2C)C1. The smallest absolute Gasteiger partial charge is 0.257 e. The summed E-state index contributed by atoms with van der Waals surface area (Å²) >= 11 is 0. The number of carbonyl (C=O) groups excluding carboxylic acids is 2. The minimum atomic E-state index is -0.0166. The topological polar surface area (TPSA) is 97.4 Å². The molecular weight excluding hydrogens is 384 g/mol. The number of hydrogen-bond donors (Lipinski definition) is 0. The van der Waals surface area contributed by atoms with Crippen LogP contribution in [0.15, 0.2) is 10.7 Å². The van der Waals surface area contributed by atoms with Gasteiger partial charge in [-0.2, -0.15) is 10.1 Å². The van der Waals surface area contributed by atoms with Gasteiger partial charge in [-0.3, -0.25) is 14.3 Å². The third-order valence-electron chi connectivity index (χ3n) is 6.29. The van der Waals surface area contributed by atoms with Gasteiger partial charge in [-0.1, -0.05) is 11.6 Å². The quantitative estimate of drug-likeness (QED) is 0.718. The van der Waals surface area contributed by atoms with E-state index < -0.39 is 0 Å². The molecule has 1 atom stereocenters. The normalized spacial score (nSPS) is 19.6. The van der Waals surface area contributed by atoms with Crippen LogP contribution in [0.3, 0.4) is 0 Å². The Bertz CT molecular complexity index is 916. The highest BCUT2D eigenvalue weighted by Gasteiger charge is 2.31. The van der Waals surface area contributed by atoms with Gasteiger partial charge in [0.25, 0.3) is 5.91 Å². The van der Waals surface area contributed by atoms with Crippen molar-refractivity contribution in [3.63, 3.8) is 0 Å². The minimum absolute atomic E-state index is 0.00446. The summed E-state index contributed by atoms with van der Waals surface area (Å²) in [5.74, 6) is 1.78. The first-order valence-electron chi connectivity index (χ1n) is 10.8. The van der Waals surface area contributed by atoms with Gasteiger partial charge in [0.2, 0.25) is 11.8 Å². The van der Waals surface area contributed by atoms with Crippen molar-refractivity contribution in [3.8, 4) is 0 Å². The molecule has 4 rings (SSSR count). The summed E-state index contributed by atoms with van der Waals surface area (Å²) in [7, 11) is 1.81. The molecule has 0 spiro atoms. The Morgan fingerprint density at radius 3 is 2.70 bits per heavy atom. The van der Waals surface area contributed by atoms with Crippen molar-refractivity contribution in [2.45, 2.75) is 64.3 Å². The van der Waals surface area contributed by atoms with Crippen LogP contribution in [0.5, 0.6) is 0 Å². The molecule has 1 aliphatic heterocycles. The van der Waals surface area contributed by atoms with Gasteiger partial charge >= 0.3 is 0 Å². The number of aromatic nitrogens is 4. The lowest BCUT2D eigenvalue weighted by atomic mass is 9.85. The second-order valence-electron chi connectivity index (χ2n) is 8.49. The summed E-state index contributed by atoms with van der Waals surface area (Å²) < 4.78 is 7.05. The molecule has 1 unspecified atom stereocenters. The molecule has 3 heterocycles. The molecule has 9 nitrogen and oxygen atoms in total. The fourth-order valence-electron chi connectivity index (χ4n) is 4.38. The lowest BCUT2D eigenvalue weighted by molar-refractivity contribution is -0.132. The standard InChI is InChI=1S/C21H30N6O3/c1-14-18(13-25(3)23-14)21(29)26-10-5-8-17(12-26)27(15(2)28)11-9-19-22-20(30-24-19)16-6-4-7-16/h13,16-17H,4-12H2,1-3H3. The largest absolute Gasteiger partial charge is 0.339 e. The molecule has 2 amide bonds. The molecule has 30 heavy (non-hydrogen) atoms. The molecule has 1 saturated heterocycles. The van der Waals surface area contributed by atoms with Crippen LogP contribution in [0.25, 0.3) is 0 Å². The van der Waals surface area contributed by atoms with Gasteiger partial charge in [0, 0.05) is 58.2 Å². The highest BCUT2D eigenvalue weighted by atomic mass is 16.5. The maximum absolute atomic E-state index is 13.0. The second-order valence-corrected chi connectivity index (χ2v) is 8.49. The Kier molecular flexibility index (Phi) is 5.87. The summed E-state index contributed by atoms with van der Waals surface area (Å²) in [5, 5.41) is 8.37. The molecule has 2 aromatic heterocycles. The van der Waals surface area contributed by atoms with Crippen molar-refractivity contribution < 1.29 is 14.1 Å². The van der Waals surface area contributed by atoms with Crippen LogP contribution in [0.1, 0.15) is 72.7 Å². The van der Waals surface area contributed by atoms with E-state index in [1.54, 1.807) is 17.8 Å². The Labute approximate surface area is 176 Å². The second kappa shape index (κ2) is 8.57. The predicted molar refractivity (Wildman–Crippen MR) is 109 cm³/mol. The number of carbonyl (C=O) groups is 2. The number of rotatable bonds is 6. The average Bonchev–Trinajstić information content (AvgIpc) is 3.26. The molecule has 2 aliphatic rings. The van der Waals surface area contributed by atoms with Gasteiger partial charge < -0.3 is 14.3 Å². The van der Waals surface area contributed by atoms with Gasteiger partial charge in [0.05, 0.1) is 11.3 Å². The monoisotopic (exact) mass is 414 g/mol. The Morgan fingerprint density at radius 2 is 2.07 bits per heavy atom. The molecule has 2 fully saturated rings. The molecule has 9 heteroatoms. The van der Waals surface area contributed by atoms with E-state index >= 15 is 0 Å². The third-order valence-corrected chi connectivity index (χ3v) is 6.29. The Hall–Kier alpha value is -2.71. The van der Waals surface area contributed by atoms with E-state index in [2.05, 4.69) is 15.2 Å². The number of aryl methyl sites for hydroxylation is 2. The first kappa shape index (κ1) is 20.6. The van der Waals surface area contributed by atoms with Crippen LogP contribution >= 0.6 is 0 Å². The molecule has 0 aromatic carbocycles. The van der Waals surface area contributed by atoms with E-state index in [-0.39, 0.29) is 17.9 Å². The molecule has 0 N–H and O–H groups in total. The molecule has 0 bridgehead atoms. The number of likely N-dealkylation sites (tertiary alicyclic amines) is 1. The maximum Gasteiger partial charge on any atom is 0.257 e. The van der Waals surface area contributed by atoms with Crippen LogP contribution in [0, 0.1) is 6.92 Å². The van der Waals surface area contributed by atoms with E-state index in [0.29, 0.717) is 43.4 Å². The van der Waals surface area contributed by atoms with Crippen LogP contribution in [0.4, 0.5) is 0 Å². The highest BCUT2D eigenvalue weighted by molar-refractivity contribution is 5.95. The fraction of sp³-hybridized carbons (Fsp3) is 0.667. The summed E-state index contributed by atoms with van der Waals surface area (Å²) in [6, 6.07) is -0.00446. The first-order chi connectivity index (χ1) is 14.4. The molecule has 2 aromatic rings. The van der Waals surface area contributed by atoms with Crippen LogP contribution < -0.4 is 0 Å². The van der Waals surface area contributed by atoms with Crippen LogP contribution in [-0.4, -0.2) is 67.2 Å². The Balaban J connectivity index is 1.39. The summed E-state index contributed by atoms with van der Waals surface area (Å²) in [5.41, 5.74) is 1.36. The number of hydrogen-bond acceptors (Lipinski definition) is 6. The Morgan fingerprint density at radius 1 is 1.27 bits per heavy atom. The third kappa shape index (κ3) is 4.24. The van der Waals surface area contributed by atoms with Crippen molar-refractivity contribution in [2.75, 3.05) is 19.6 Å². The van der Waals surface area contributed by atoms with Crippen molar-refractivity contribution in [2.24, 2.45) is 7.05 Å². The van der Waals surface area contributed by atoms with Crippen molar-refractivity contribution >= 4 is 11.8 Å². The van der Waals surface area contributed by atoms with Crippen LogP contribution in [0.2, 0.25) is 0 Å². The van der Waals surface area contributed by atoms with E-state index in [0.717, 1.165) is 37.3 Å². The summed E-state index contributed by atoms with van der Waals surface area (Å²) in [6.45, 7) is 5.19. The number of amides is 2. The lowest BCUT2D eigenvalue weighted by Crippen LogP contribution is -2.51. The molecule has 1 aliphatic carbocycles. The van der Waals surface area contributed by atoms with Crippen molar-refractivity contribution in [1.29, 1.82) is 0 Å². The van der Waals surface area contributed by atoms with Crippen molar-refractivity contribution in [1.82, 2.24) is 29.7 Å². The van der Waals surface area contributed by atoms with Gasteiger partial charge in [-0.25, -0.2) is 0 Å². The van der Waals surface area contributed by atoms with E-state index in [9.17, 15) is 9.59 Å². The molecular formula is C21H30N6O3. The first-order valence-corrected chi connectivity index (χ1v) is 10.8. The predicted octanol–water partition coefficient (Wildman–Crippen LogP) is 2.07. The average molecular weight is 415 g/mol. The lowest BCUT2D eigenvalue weighted by Gasteiger charge is -2.39. The van der Waals surface area contributed by atoms with Crippen LogP contribution in [-0.2, 0) is 18.3 Å². The highest BCUT2D eigenvalue weighted by Crippen LogP contribution is 2.35. The van der Waals surface area contributed by atoms with Gasteiger partial charge in [-0.05, 0) is 32.6 Å². The fourth-order valence-corrected chi connectivity index (χ4v) is 4.38. The van der Waals surface area contributed by atoms with E-state index in [1.165, 1.54) is 6.42 Å². The van der Waals surface area contributed by atoms with E-state index in [1.807, 2.05) is 23.8 Å². The molecule has 162 valence electrons. The summed E-state index contributed by atoms with van der Waals surface area (Å²) in [4.78, 5) is 33.6. The number of nitrogens with zero attached hydrogens (tertiary/aromatic N) is 6. The minimum Gasteiger partial charge on any atom is -0.339 e. The summed E-state index contributed by atoms with van der Waals surface area (Å²) in [6.07, 6.45) is 7.52. The zero-order chi connectivity index (χ0) is 21.3. The maximum atomic E-state index is 13.0. The molecule has 1 saturated carbocycles. The number of piperidine rings is 1. The van der Waals surface area contributed by atoms with Gasteiger partial charge in [0.1, 0.15) is 0 Å². The van der Waals surface area contributed by atoms with E-state index in [4.69, 9.17) is 4.52 Å².